The van der Waals surface area contributed by atoms with Gasteiger partial charge in [0.15, 0.2) is 5.16 Å². The number of fused-ring (bicyclic) bond motifs is 1. The van der Waals surface area contributed by atoms with Crippen LogP contribution in [0.2, 0.25) is 0 Å². The highest BCUT2D eigenvalue weighted by atomic mass is 32.2. The Morgan fingerprint density at radius 1 is 1.14 bits per heavy atom. The summed E-state index contributed by atoms with van der Waals surface area (Å²) < 4.78 is 47.8. The fourth-order valence-electron chi connectivity index (χ4n) is 3.23. The molecule has 0 spiro atoms. The van der Waals surface area contributed by atoms with Gasteiger partial charge in [-0.25, -0.2) is 9.97 Å². The van der Waals surface area contributed by atoms with Gasteiger partial charge >= 0.3 is 6.18 Å². The standard InChI is InChI=1S/C17H20F3N7OS/c1-11-7-12(2)26-8-13(22-14(26)21-11)9-29-16-24-23-15(25-3-5-28-6-4-25)27(16)10-17(18,19)20/h7-8H,3-6,9-10H2,1-2H3. The number of alkyl halides is 3. The summed E-state index contributed by atoms with van der Waals surface area (Å²) in [6.45, 7) is 4.58. The molecular formula is C17H20F3N7OS. The van der Waals surface area contributed by atoms with Crippen molar-refractivity contribution < 1.29 is 17.9 Å². The Hall–Kier alpha value is -2.34. The minimum atomic E-state index is -4.37. The molecule has 1 aliphatic rings. The number of nitrogens with zero attached hydrogens (tertiary/aromatic N) is 7. The van der Waals surface area contributed by atoms with Gasteiger partial charge in [-0.05, 0) is 19.9 Å². The Morgan fingerprint density at radius 3 is 2.62 bits per heavy atom. The molecule has 29 heavy (non-hydrogen) atoms. The van der Waals surface area contributed by atoms with Crippen LogP contribution >= 0.6 is 11.8 Å². The Balaban J connectivity index is 1.58. The highest BCUT2D eigenvalue weighted by Gasteiger charge is 2.32. The van der Waals surface area contributed by atoms with Crippen LogP contribution in [0, 0.1) is 13.8 Å². The average molecular weight is 427 g/mol. The van der Waals surface area contributed by atoms with E-state index in [2.05, 4.69) is 20.2 Å². The molecule has 0 aromatic carbocycles. The Bertz CT molecular complexity index is 1010. The zero-order chi connectivity index (χ0) is 20.6. The summed E-state index contributed by atoms with van der Waals surface area (Å²) >= 11 is 1.18. The maximum Gasteiger partial charge on any atom is 0.406 e. The van der Waals surface area contributed by atoms with Gasteiger partial charge in [0.05, 0.1) is 18.9 Å². The van der Waals surface area contributed by atoms with Crippen molar-refractivity contribution >= 4 is 23.5 Å². The molecule has 1 fully saturated rings. The van der Waals surface area contributed by atoms with E-state index in [0.29, 0.717) is 43.5 Å². The van der Waals surface area contributed by atoms with Gasteiger partial charge in [-0.3, -0.25) is 8.97 Å². The largest absolute Gasteiger partial charge is 0.406 e. The lowest BCUT2D eigenvalue weighted by Gasteiger charge is -2.28. The lowest BCUT2D eigenvalue weighted by Crippen LogP contribution is -2.38. The number of hydrogen-bond acceptors (Lipinski definition) is 7. The third kappa shape index (κ3) is 4.47. The molecule has 1 saturated heterocycles. The van der Waals surface area contributed by atoms with Gasteiger partial charge < -0.3 is 9.64 Å². The summed E-state index contributed by atoms with van der Waals surface area (Å²) in [5.41, 5.74) is 2.57. The normalized spacial score (nSPS) is 15.4. The van der Waals surface area contributed by atoms with E-state index in [1.807, 2.05) is 30.5 Å². The molecule has 0 saturated carbocycles. The number of imidazole rings is 1. The van der Waals surface area contributed by atoms with Crippen LogP contribution in [0.3, 0.4) is 0 Å². The van der Waals surface area contributed by atoms with Crippen molar-refractivity contribution in [3.05, 3.63) is 29.3 Å². The van der Waals surface area contributed by atoms with Crippen LogP contribution in [0.15, 0.2) is 17.4 Å². The molecule has 0 atom stereocenters. The second-order valence-corrected chi connectivity index (χ2v) is 7.76. The first kappa shape index (κ1) is 20.0. The van der Waals surface area contributed by atoms with E-state index in [4.69, 9.17) is 4.74 Å². The van der Waals surface area contributed by atoms with Gasteiger partial charge in [0.2, 0.25) is 11.7 Å². The molecular weight excluding hydrogens is 407 g/mol. The molecule has 0 radical (unpaired) electrons. The highest BCUT2D eigenvalue weighted by Crippen LogP contribution is 2.29. The summed E-state index contributed by atoms with van der Waals surface area (Å²) in [6, 6.07) is 1.94. The van der Waals surface area contributed by atoms with Crippen molar-refractivity contribution in [3.8, 4) is 0 Å². The number of thioether (sulfide) groups is 1. The number of aromatic nitrogens is 6. The number of ether oxygens (including phenoxy) is 1. The molecule has 0 bridgehead atoms. The highest BCUT2D eigenvalue weighted by molar-refractivity contribution is 7.98. The van der Waals surface area contributed by atoms with Crippen LogP contribution < -0.4 is 4.90 Å². The van der Waals surface area contributed by atoms with E-state index in [0.717, 1.165) is 16.0 Å². The van der Waals surface area contributed by atoms with E-state index in [-0.39, 0.29) is 11.1 Å². The quantitative estimate of drug-likeness (QED) is 0.580. The van der Waals surface area contributed by atoms with E-state index >= 15 is 0 Å². The second kappa shape index (κ2) is 7.82. The van der Waals surface area contributed by atoms with Gasteiger partial charge in [0.1, 0.15) is 6.54 Å². The third-order valence-corrected chi connectivity index (χ3v) is 5.49. The van der Waals surface area contributed by atoms with Crippen molar-refractivity contribution in [3.63, 3.8) is 0 Å². The number of anilines is 1. The van der Waals surface area contributed by atoms with E-state index in [1.54, 1.807) is 4.90 Å². The van der Waals surface area contributed by atoms with Crippen molar-refractivity contribution in [1.29, 1.82) is 0 Å². The summed E-state index contributed by atoms with van der Waals surface area (Å²) in [7, 11) is 0. The summed E-state index contributed by atoms with van der Waals surface area (Å²) in [5, 5.41) is 8.26. The second-order valence-electron chi connectivity index (χ2n) is 6.81. The Kier molecular flexibility index (Phi) is 5.38. The molecule has 12 heteroatoms. The number of hydrogen-bond donors (Lipinski definition) is 0. The van der Waals surface area contributed by atoms with Crippen molar-refractivity contribution in [1.82, 2.24) is 29.1 Å². The van der Waals surface area contributed by atoms with E-state index in [1.165, 1.54) is 11.8 Å². The molecule has 3 aromatic heterocycles. The fraction of sp³-hybridized carbons (Fsp3) is 0.529. The SMILES string of the molecule is Cc1cc(C)n2cc(CSc3nnc(N4CCOCC4)n3CC(F)(F)F)nc2n1. The zero-order valence-electron chi connectivity index (χ0n) is 16.0. The average Bonchev–Trinajstić information content (AvgIpc) is 3.23. The maximum atomic E-state index is 13.2. The molecule has 0 aliphatic carbocycles. The Morgan fingerprint density at radius 2 is 1.90 bits per heavy atom. The third-order valence-electron chi connectivity index (χ3n) is 4.49. The van der Waals surface area contributed by atoms with Gasteiger partial charge in [-0.1, -0.05) is 11.8 Å². The number of morpholine rings is 1. The van der Waals surface area contributed by atoms with Gasteiger partial charge in [0, 0.05) is 36.4 Å². The van der Waals surface area contributed by atoms with Crippen LogP contribution in [0.5, 0.6) is 0 Å². The lowest BCUT2D eigenvalue weighted by molar-refractivity contribution is -0.141. The summed E-state index contributed by atoms with van der Waals surface area (Å²) in [6.07, 6.45) is -2.53. The van der Waals surface area contributed by atoms with Gasteiger partial charge in [-0.2, -0.15) is 13.2 Å². The fourth-order valence-corrected chi connectivity index (χ4v) is 4.05. The molecule has 156 valence electrons. The minimum absolute atomic E-state index is 0.210. The molecule has 4 heterocycles. The summed E-state index contributed by atoms with van der Waals surface area (Å²) in [5.74, 6) is 1.15. The smallest absolute Gasteiger partial charge is 0.378 e. The molecule has 0 N–H and O–H groups in total. The predicted octanol–water partition coefficient (Wildman–Crippen LogP) is 2.63. The van der Waals surface area contributed by atoms with Crippen LogP contribution in [0.4, 0.5) is 19.1 Å². The molecule has 4 rings (SSSR count). The van der Waals surface area contributed by atoms with E-state index < -0.39 is 12.7 Å². The van der Waals surface area contributed by atoms with Gasteiger partial charge in [0.25, 0.3) is 0 Å². The molecule has 8 nitrogen and oxygen atoms in total. The van der Waals surface area contributed by atoms with Crippen LogP contribution in [-0.2, 0) is 17.0 Å². The van der Waals surface area contributed by atoms with Crippen molar-refractivity contribution in [2.24, 2.45) is 0 Å². The summed E-state index contributed by atoms with van der Waals surface area (Å²) in [4.78, 5) is 10.6. The van der Waals surface area contributed by atoms with Crippen molar-refractivity contribution in [2.75, 3.05) is 31.2 Å². The van der Waals surface area contributed by atoms with Crippen LogP contribution in [-0.4, -0.2) is 61.6 Å². The number of rotatable bonds is 5. The first-order valence-corrected chi connectivity index (χ1v) is 10.1. The zero-order valence-corrected chi connectivity index (χ0v) is 16.8. The lowest BCUT2D eigenvalue weighted by atomic mass is 10.3. The predicted molar refractivity (Wildman–Crippen MR) is 101 cm³/mol. The van der Waals surface area contributed by atoms with Crippen LogP contribution in [0.1, 0.15) is 17.1 Å². The first-order valence-electron chi connectivity index (χ1n) is 9.08. The Labute approximate surface area is 169 Å². The maximum absolute atomic E-state index is 13.2. The molecule has 0 unspecified atom stereocenters. The van der Waals surface area contributed by atoms with Gasteiger partial charge in [-0.15, -0.1) is 10.2 Å². The first-order chi connectivity index (χ1) is 13.8. The van der Waals surface area contributed by atoms with E-state index in [9.17, 15) is 13.2 Å². The molecule has 0 amide bonds. The van der Waals surface area contributed by atoms with Crippen LogP contribution in [0.25, 0.3) is 5.78 Å². The molecule has 3 aromatic rings. The molecule has 1 aliphatic heterocycles. The monoisotopic (exact) mass is 427 g/mol. The van der Waals surface area contributed by atoms with Crippen molar-refractivity contribution in [2.45, 2.75) is 37.5 Å². The number of aryl methyl sites for hydroxylation is 2. The topological polar surface area (TPSA) is 73.4 Å². The minimum Gasteiger partial charge on any atom is -0.378 e. The number of halogens is 3.